The third-order valence-electron chi connectivity index (χ3n) is 6.52. The number of nitrogens with zero attached hydrogens (tertiary/aromatic N) is 3. The number of fused-ring (bicyclic) bond motifs is 1. The molecule has 0 bridgehead atoms. The molecule has 2 aromatic carbocycles. The summed E-state index contributed by atoms with van der Waals surface area (Å²) in [5.74, 6) is 1.02. The Morgan fingerprint density at radius 3 is 2.76 bits per heavy atom. The zero-order valence-corrected chi connectivity index (χ0v) is 19.9. The summed E-state index contributed by atoms with van der Waals surface area (Å²) in [6.07, 6.45) is 5.15. The monoisotopic (exact) mass is 462 g/mol. The van der Waals surface area contributed by atoms with Gasteiger partial charge in [0, 0.05) is 42.8 Å². The summed E-state index contributed by atoms with van der Waals surface area (Å²) < 4.78 is 26.5. The van der Waals surface area contributed by atoms with Gasteiger partial charge in [-0.25, -0.2) is 14.4 Å². The molecule has 2 aliphatic heterocycles. The minimum absolute atomic E-state index is 0.0583. The summed E-state index contributed by atoms with van der Waals surface area (Å²) in [7, 11) is 0. The van der Waals surface area contributed by atoms with Gasteiger partial charge in [-0.1, -0.05) is 12.1 Å². The van der Waals surface area contributed by atoms with E-state index in [2.05, 4.69) is 45.3 Å². The van der Waals surface area contributed by atoms with E-state index in [-0.39, 0.29) is 18.0 Å². The molecule has 1 atom stereocenters. The van der Waals surface area contributed by atoms with Gasteiger partial charge in [-0.15, -0.1) is 0 Å². The largest absolute Gasteiger partial charge is 0.491 e. The van der Waals surface area contributed by atoms with Crippen molar-refractivity contribution in [3.63, 3.8) is 0 Å². The van der Waals surface area contributed by atoms with Crippen LogP contribution in [0, 0.1) is 12.7 Å². The van der Waals surface area contributed by atoms with Gasteiger partial charge in [0.05, 0.1) is 18.2 Å². The molecular weight excluding hydrogens is 431 g/mol. The third-order valence-corrected chi connectivity index (χ3v) is 6.52. The van der Waals surface area contributed by atoms with Crippen molar-refractivity contribution >= 4 is 11.5 Å². The van der Waals surface area contributed by atoms with Crippen LogP contribution >= 0.6 is 0 Å². The highest BCUT2D eigenvalue weighted by Gasteiger charge is 2.47. The highest BCUT2D eigenvalue weighted by atomic mass is 19.1. The zero-order valence-electron chi connectivity index (χ0n) is 19.9. The quantitative estimate of drug-likeness (QED) is 0.564. The molecule has 6 nitrogen and oxygen atoms in total. The summed E-state index contributed by atoms with van der Waals surface area (Å²) in [5.41, 5.74) is 3.25. The number of hydrogen-bond donors (Lipinski definition) is 1. The third kappa shape index (κ3) is 4.38. The number of aryl methyl sites for hydroxylation is 1. The lowest BCUT2D eigenvalue weighted by atomic mass is 9.84. The molecule has 0 amide bonds. The maximum Gasteiger partial charge on any atom is 0.141 e. The Hall–Kier alpha value is -3.03. The molecule has 34 heavy (non-hydrogen) atoms. The molecule has 0 spiro atoms. The molecule has 3 heterocycles. The Kier molecular flexibility index (Phi) is 6.23. The smallest absolute Gasteiger partial charge is 0.141 e. The van der Waals surface area contributed by atoms with Gasteiger partial charge in [-0.2, -0.15) is 0 Å². The van der Waals surface area contributed by atoms with Gasteiger partial charge in [0.25, 0.3) is 0 Å². The van der Waals surface area contributed by atoms with Crippen LogP contribution in [0.5, 0.6) is 5.75 Å². The van der Waals surface area contributed by atoms with E-state index >= 15 is 0 Å². The molecule has 2 aliphatic rings. The van der Waals surface area contributed by atoms with Crippen LogP contribution in [0.25, 0.3) is 0 Å². The predicted molar refractivity (Wildman–Crippen MR) is 130 cm³/mol. The molecule has 1 fully saturated rings. The highest BCUT2D eigenvalue weighted by molar-refractivity contribution is 5.71. The number of rotatable bonds is 6. The van der Waals surface area contributed by atoms with E-state index in [9.17, 15) is 4.39 Å². The van der Waals surface area contributed by atoms with E-state index in [0.29, 0.717) is 25.5 Å². The molecule has 1 N–H and O–H groups in total. The van der Waals surface area contributed by atoms with Gasteiger partial charge in [-0.05, 0) is 69.0 Å². The van der Waals surface area contributed by atoms with Crippen molar-refractivity contribution in [1.82, 2.24) is 15.3 Å². The first-order valence-corrected chi connectivity index (χ1v) is 11.9. The second-order valence-corrected chi connectivity index (χ2v) is 9.46. The van der Waals surface area contributed by atoms with Crippen LogP contribution in [0.2, 0.25) is 0 Å². The summed E-state index contributed by atoms with van der Waals surface area (Å²) in [5, 5.41) is 3.90. The first-order chi connectivity index (χ1) is 16.4. The maximum atomic E-state index is 15.0. The molecule has 1 aromatic heterocycles. The van der Waals surface area contributed by atoms with E-state index in [0.717, 1.165) is 35.5 Å². The number of benzene rings is 2. The molecule has 0 radical (unpaired) electrons. The highest BCUT2D eigenvalue weighted by Crippen LogP contribution is 2.46. The average Bonchev–Trinajstić information content (AvgIpc) is 3.14. The van der Waals surface area contributed by atoms with Gasteiger partial charge in [0.1, 0.15) is 23.7 Å². The Balaban J connectivity index is 1.67. The minimum atomic E-state index is -0.709. The Labute approximate surface area is 200 Å². The van der Waals surface area contributed by atoms with Crippen molar-refractivity contribution in [1.29, 1.82) is 0 Å². The fourth-order valence-corrected chi connectivity index (χ4v) is 5.04. The summed E-state index contributed by atoms with van der Waals surface area (Å²) in [6, 6.07) is 13.6. The predicted octanol–water partition coefficient (Wildman–Crippen LogP) is 4.88. The van der Waals surface area contributed by atoms with Crippen molar-refractivity contribution in [2.45, 2.75) is 51.3 Å². The fourth-order valence-electron chi connectivity index (χ4n) is 5.04. The molecule has 178 valence electrons. The lowest BCUT2D eigenvalue weighted by Gasteiger charge is -2.38. The second-order valence-electron chi connectivity index (χ2n) is 9.46. The standard InChI is InChI=1S/C27H31FN4O2/c1-18(2)34-24-13-20(12-21(28)14-24)27(31-22-7-9-33-10-8-22)16-32(23-6-4-5-19(3)11-23)26-25(27)15-29-17-30-26/h4-6,11-15,17-18,22,31H,7-10,16H2,1-3H3. The molecule has 3 aromatic rings. The van der Waals surface area contributed by atoms with Gasteiger partial charge in [0.15, 0.2) is 0 Å². The average molecular weight is 463 g/mol. The topological polar surface area (TPSA) is 59.5 Å². The van der Waals surface area contributed by atoms with E-state index < -0.39 is 5.54 Å². The number of hydrogen-bond acceptors (Lipinski definition) is 6. The van der Waals surface area contributed by atoms with Gasteiger partial charge in [0.2, 0.25) is 0 Å². The van der Waals surface area contributed by atoms with Gasteiger partial charge >= 0.3 is 0 Å². The number of halogens is 1. The van der Waals surface area contributed by atoms with Gasteiger partial charge < -0.3 is 14.4 Å². The van der Waals surface area contributed by atoms with Crippen molar-refractivity contribution in [2.75, 3.05) is 24.7 Å². The molecule has 0 saturated carbocycles. The number of anilines is 2. The minimum Gasteiger partial charge on any atom is -0.491 e. The molecule has 5 rings (SSSR count). The van der Waals surface area contributed by atoms with Crippen molar-refractivity contribution in [3.8, 4) is 5.75 Å². The second kappa shape index (κ2) is 9.31. The molecular formula is C27H31FN4O2. The number of nitrogens with one attached hydrogen (secondary N) is 1. The molecule has 1 unspecified atom stereocenters. The lowest BCUT2D eigenvalue weighted by molar-refractivity contribution is 0.0712. The van der Waals surface area contributed by atoms with Crippen LogP contribution in [0.3, 0.4) is 0 Å². The van der Waals surface area contributed by atoms with E-state index in [1.807, 2.05) is 32.2 Å². The van der Waals surface area contributed by atoms with Crippen LogP contribution in [0.1, 0.15) is 43.4 Å². The van der Waals surface area contributed by atoms with Crippen LogP contribution < -0.4 is 15.0 Å². The van der Waals surface area contributed by atoms with E-state index in [1.165, 1.54) is 11.6 Å². The SMILES string of the molecule is Cc1cccc(N2CC(NC3CCOCC3)(c3cc(F)cc(OC(C)C)c3)c3cncnc32)c1. The van der Waals surface area contributed by atoms with Crippen molar-refractivity contribution in [3.05, 3.63) is 77.5 Å². The summed E-state index contributed by atoms with van der Waals surface area (Å²) >= 11 is 0. The summed E-state index contributed by atoms with van der Waals surface area (Å²) in [6.45, 7) is 7.94. The number of ether oxygens (including phenoxy) is 2. The molecule has 7 heteroatoms. The first kappa shape index (κ1) is 22.7. The van der Waals surface area contributed by atoms with Crippen molar-refractivity contribution < 1.29 is 13.9 Å². The Morgan fingerprint density at radius 2 is 2.00 bits per heavy atom. The Bertz CT molecular complexity index is 1160. The maximum absolute atomic E-state index is 15.0. The summed E-state index contributed by atoms with van der Waals surface area (Å²) in [4.78, 5) is 11.3. The van der Waals surface area contributed by atoms with Crippen LogP contribution in [0.4, 0.5) is 15.9 Å². The van der Waals surface area contributed by atoms with E-state index in [4.69, 9.17) is 9.47 Å². The number of aromatic nitrogens is 2. The molecule has 0 aliphatic carbocycles. The normalized spacial score (nSPS) is 20.6. The lowest BCUT2D eigenvalue weighted by Crippen LogP contribution is -2.52. The van der Waals surface area contributed by atoms with E-state index in [1.54, 1.807) is 12.4 Å². The van der Waals surface area contributed by atoms with Crippen molar-refractivity contribution in [2.24, 2.45) is 0 Å². The van der Waals surface area contributed by atoms with Crippen LogP contribution in [0.15, 0.2) is 55.0 Å². The Morgan fingerprint density at radius 1 is 1.18 bits per heavy atom. The van der Waals surface area contributed by atoms with Crippen LogP contribution in [-0.2, 0) is 10.3 Å². The fraction of sp³-hybridized carbons (Fsp3) is 0.407. The van der Waals surface area contributed by atoms with Crippen LogP contribution in [-0.4, -0.2) is 41.9 Å². The zero-order chi connectivity index (χ0) is 23.7. The first-order valence-electron chi connectivity index (χ1n) is 11.9. The van der Waals surface area contributed by atoms with Gasteiger partial charge in [-0.3, -0.25) is 5.32 Å². The molecule has 1 saturated heterocycles.